The molecule has 0 aliphatic carbocycles. The molecule has 0 fully saturated rings. The van der Waals surface area contributed by atoms with E-state index in [9.17, 15) is 9.59 Å². The van der Waals surface area contributed by atoms with Gasteiger partial charge in [0.25, 0.3) is 0 Å². The Hall–Kier alpha value is -2.24. The summed E-state index contributed by atoms with van der Waals surface area (Å²) in [5.41, 5.74) is 1.56. The molecule has 7 heteroatoms. The number of nitrogens with zero attached hydrogens (tertiary/aromatic N) is 1. The Kier molecular flexibility index (Phi) is 9.00. The van der Waals surface area contributed by atoms with Crippen molar-refractivity contribution in [3.05, 3.63) is 63.6 Å². The molecule has 2 rings (SSSR count). The number of ether oxygens (including phenoxy) is 1. The molecule has 2 aromatic rings. The van der Waals surface area contributed by atoms with Crippen LogP contribution in [0.15, 0.2) is 42.5 Å². The maximum absolute atomic E-state index is 13.2. The Morgan fingerprint density at radius 2 is 1.77 bits per heavy atom. The van der Waals surface area contributed by atoms with Crippen LogP contribution < -0.4 is 10.1 Å². The second-order valence-corrected chi connectivity index (χ2v) is 8.12. The number of hydrogen-bond acceptors (Lipinski definition) is 3. The van der Waals surface area contributed by atoms with Crippen LogP contribution in [0.1, 0.15) is 38.3 Å². The van der Waals surface area contributed by atoms with Crippen molar-refractivity contribution in [3.63, 3.8) is 0 Å². The van der Waals surface area contributed by atoms with E-state index >= 15 is 0 Å². The molecule has 2 unspecified atom stereocenters. The van der Waals surface area contributed by atoms with Gasteiger partial charge in [-0.1, -0.05) is 48.3 Å². The molecule has 0 aliphatic heterocycles. The lowest BCUT2D eigenvalue weighted by atomic mass is 10.1. The van der Waals surface area contributed by atoms with Crippen LogP contribution in [0.3, 0.4) is 0 Å². The number of carbonyl (C=O) groups excluding carboxylic acids is 2. The molecule has 0 bridgehead atoms. The smallest absolute Gasteiger partial charge is 0.242 e. The Labute approximate surface area is 188 Å². The lowest BCUT2D eigenvalue weighted by Crippen LogP contribution is -2.49. The topological polar surface area (TPSA) is 58.6 Å². The molecule has 0 spiro atoms. The van der Waals surface area contributed by atoms with E-state index in [0.29, 0.717) is 10.0 Å². The Morgan fingerprint density at radius 1 is 1.10 bits per heavy atom. The fraction of sp³-hybridized carbons (Fsp3) is 0.391. The molecule has 1 N–H and O–H groups in total. The van der Waals surface area contributed by atoms with Crippen LogP contribution in [0.2, 0.25) is 10.0 Å². The van der Waals surface area contributed by atoms with E-state index in [-0.39, 0.29) is 30.8 Å². The number of carbonyl (C=O) groups is 2. The highest BCUT2D eigenvalue weighted by atomic mass is 35.5. The van der Waals surface area contributed by atoms with Crippen molar-refractivity contribution >= 4 is 35.0 Å². The second kappa shape index (κ2) is 11.2. The zero-order valence-electron chi connectivity index (χ0n) is 17.7. The summed E-state index contributed by atoms with van der Waals surface area (Å²) < 4.78 is 5.17. The highest BCUT2D eigenvalue weighted by Gasteiger charge is 2.27. The molecule has 0 heterocycles. The number of hydrogen-bond donors (Lipinski definition) is 1. The highest BCUT2D eigenvalue weighted by molar-refractivity contribution is 6.35. The monoisotopic (exact) mass is 450 g/mol. The minimum absolute atomic E-state index is 0.0256. The van der Waals surface area contributed by atoms with Gasteiger partial charge in [0.1, 0.15) is 11.8 Å². The second-order valence-electron chi connectivity index (χ2n) is 7.28. The highest BCUT2D eigenvalue weighted by Crippen LogP contribution is 2.24. The predicted molar refractivity (Wildman–Crippen MR) is 121 cm³/mol. The van der Waals surface area contributed by atoms with Crippen LogP contribution in [0.25, 0.3) is 0 Å². The van der Waals surface area contributed by atoms with Gasteiger partial charge in [-0.3, -0.25) is 9.59 Å². The normalized spacial score (nSPS) is 12.7. The molecule has 2 amide bonds. The summed E-state index contributed by atoms with van der Waals surface area (Å²) in [6, 6.07) is 11.8. The van der Waals surface area contributed by atoms with Crippen molar-refractivity contribution in [1.82, 2.24) is 10.2 Å². The summed E-state index contributed by atoms with van der Waals surface area (Å²) in [7, 11) is 1.59. The number of benzene rings is 2. The molecule has 0 saturated carbocycles. The Bertz CT molecular complexity index is 871. The molecular formula is C23H28Cl2N2O3. The molecule has 0 radical (unpaired) electrons. The maximum atomic E-state index is 13.2. The summed E-state index contributed by atoms with van der Waals surface area (Å²) in [5, 5.41) is 3.92. The quantitative estimate of drug-likeness (QED) is 0.592. The minimum Gasteiger partial charge on any atom is -0.497 e. The van der Waals surface area contributed by atoms with E-state index in [1.807, 2.05) is 38.1 Å². The average molecular weight is 451 g/mol. The van der Waals surface area contributed by atoms with Gasteiger partial charge < -0.3 is 15.0 Å². The van der Waals surface area contributed by atoms with Gasteiger partial charge in [-0.2, -0.15) is 0 Å². The van der Waals surface area contributed by atoms with Crippen molar-refractivity contribution in [1.29, 1.82) is 0 Å². The van der Waals surface area contributed by atoms with Gasteiger partial charge in [-0.25, -0.2) is 0 Å². The van der Waals surface area contributed by atoms with Crippen molar-refractivity contribution in [3.8, 4) is 5.75 Å². The first-order valence-corrected chi connectivity index (χ1v) is 10.7. The van der Waals surface area contributed by atoms with Crippen LogP contribution >= 0.6 is 23.2 Å². The van der Waals surface area contributed by atoms with Gasteiger partial charge in [0.2, 0.25) is 11.8 Å². The van der Waals surface area contributed by atoms with Gasteiger partial charge in [-0.15, -0.1) is 0 Å². The third-order valence-corrected chi connectivity index (χ3v) is 5.63. The van der Waals surface area contributed by atoms with Gasteiger partial charge >= 0.3 is 0 Å². The van der Waals surface area contributed by atoms with E-state index in [0.717, 1.165) is 23.3 Å². The first-order chi connectivity index (χ1) is 14.2. The zero-order valence-corrected chi connectivity index (χ0v) is 19.3. The van der Waals surface area contributed by atoms with E-state index in [2.05, 4.69) is 5.32 Å². The van der Waals surface area contributed by atoms with E-state index < -0.39 is 6.04 Å². The molecular weight excluding hydrogens is 423 g/mol. The number of halogens is 2. The molecule has 0 aromatic heterocycles. The maximum Gasteiger partial charge on any atom is 0.242 e. The van der Waals surface area contributed by atoms with Crippen LogP contribution in [0.5, 0.6) is 5.75 Å². The molecule has 5 nitrogen and oxygen atoms in total. The average Bonchev–Trinajstić information content (AvgIpc) is 2.73. The van der Waals surface area contributed by atoms with Gasteiger partial charge in [0.15, 0.2) is 0 Å². The molecule has 2 aromatic carbocycles. The van der Waals surface area contributed by atoms with Crippen molar-refractivity contribution in [2.75, 3.05) is 7.11 Å². The molecule has 0 aliphatic rings. The molecule has 0 saturated heterocycles. The first kappa shape index (κ1) is 24.0. The summed E-state index contributed by atoms with van der Waals surface area (Å²) in [5.74, 6) is 0.354. The Balaban J connectivity index is 2.25. The minimum atomic E-state index is -0.656. The molecule has 2 atom stereocenters. The third kappa shape index (κ3) is 6.64. The number of methoxy groups -OCH3 is 1. The van der Waals surface area contributed by atoms with Crippen LogP contribution in [0.4, 0.5) is 0 Å². The molecule has 162 valence electrons. The van der Waals surface area contributed by atoms with Crippen LogP contribution in [0, 0.1) is 0 Å². The first-order valence-electron chi connectivity index (χ1n) is 9.91. The predicted octanol–water partition coefficient (Wildman–Crippen LogP) is 4.88. The fourth-order valence-corrected chi connectivity index (χ4v) is 3.37. The van der Waals surface area contributed by atoms with Crippen molar-refractivity contribution in [2.45, 2.75) is 52.2 Å². The largest absolute Gasteiger partial charge is 0.497 e. The fourth-order valence-electron chi connectivity index (χ4n) is 2.90. The van der Waals surface area contributed by atoms with Crippen molar-refractivity contribution in [2.24, 2.45) is 0 Å². The standard InChI is InChI=1S/C23H28Cl2N2O3/c1-5-15(2)26-23(29)16(3)27(14-18-8-9-19(24)13-21(18)25)22(28)12-17-6-10-20(30-4)11-7-17/h6-11,13,15-16H,5,12,14H2,1-4H3,(H,26,29). The number of amides is 2. The number of nitrogens with one attached hydrogen (secondary N) is 1. The summed E-state index contributed by atoms with van der Waals surface area (Å²) in [4.78, 5) is 27.5. The summed E-state index contributed by atoms with van der Waals surface area (Å²) in [6.45, 7) is 5.87. The van der Waals surface area contributed by atoms with Gasteiger partial charge in [-0.05, 0) is 55.7 Å². The lowest BCUT2D eigenvalue weighted by molar-refractivity contribution is -0.140. The Morgan fingerprint density at radius 3 is 2.33 bits per heavy atom. The zero-order chi connectivity index (χ0) is 22.3. The van der Waals surface area contributed by atoms with E-state index in [4.69, 9.17) is 27.9 Å². The van der Waals surface area contributed by atoms with Gasteiger partial charge in [0.05, 0.1) is 13.5 Å². The van der Waals surface area contributed by atoms with E-state index in [1.54, 1.807) is 37.1 Å². The van der Waals surface area contributed by atoms with Crippen LogP contribution in [-0.4, -0.2) is 35.9 Å². The van der Waals surface area contributed by atoms with E-state index in [1.165, 1.54) is 0 Å². The summed E-state index contributed by atoms with van der Waals surface area (Å²) in [6.07, 6.45) is 0.970. The SMILES string of the molecule is CCC(C)NC(=O)C(C)N(Cc1ccc(Cl)cc1Cl)C(=O)Cc1ccc(OC)cc1. The third-order valence-electron chi connectivity index (χ3n) is 5.04. The van der Waals surface area contributed by atoms with Gasteiger partial charge in [0, 0.05) is 22.6 Å². The lowest BCUT2D eigenvalue weighted by Gasteiger charge is -2.30. The molecule has 30 heavy (non-hydrogen) atoms. The number of rotatable bonds is 9. The summed E-state index contributed by atoms with van der Waals surface area (Å²) >= 11 is 12.3. The van der Waals surface area contributed by atoms with Crippen molar-refractivity contribution < 1.29 is 14.3 Å². The van der Waals surface area contributed by atoms with Crippen LogP contribution in [-0.2, 0) is 22.6 Å².